The summed E-state index contributed by atoms with van der Waals surface area (Å²) in [4.78, 5) is 28.7. The predicted octanol–water partition coefficient (Wildman–Crippen LogP) is 2.98. The lowest BCUT2D eigenvalue weighted by Crippen LogP contribution is -2.38. The maximum absolute atomic E-state index is 12.5. The van der Waals surface area contributed by atoms with Crippen molar-refractivity contribution in [2.75, 3.05) is 11.4 Å². The van der Waals surface area contributed by atoms with Crippen LogP contribution in [0.1, 0.15) is 33.1 Å². The summed E-state index contributed by atoms with van der Waals surface area (Å²) in [6, 6.07) is 3.27. The zero-order valence-corrected chi connectivity index (χ0v) is 12.4. The van der Waals surface area contributed by atoms with E-state index in [-0.39, 0.29) is 24.8 Å². The third-order valence-electron chi connectivity index (χ3n) is 3.14. The van der Waals surface area contributed by atoms with Crippen LogP contribution in [0, 0.1) is 5.92 Å². The van der Waals surface area contributed by atoms with Gasteiger partial charge >= 0.3 is 5.97 Å². The second-order valence-corrected chi connectivity index (χ2v) is 4.92. The van der Waals surface area contributed by atoms with E-state index >= 15 is 0 Å². The Kier molecular flexibility index (Phi) is 6.45. The average molecular weight is 299 g/mol. The number of carbonyl (C=O) groups is 2. The Hall–Kier alpha value is -1.62. The smallest absolute Gasteiger partial charge is 0.305 e. The van der Waals surface area contributed by atoms with E-state index in [1.165, 1.54) is 11.1 Å². The number of amides is 1. The fourth-order valence-electron chi connectivity index (χ4n) is 1.93. The summed E-state index contributed by atoms with van der Waals surface area (Å²) in [6.45, 7) is 3.99. The first-order chi connectivity index (χ1) is 9.49. The fourth-order valence-corrected chi connectivity index (χ4v) is 2.04. The number of hydrogen-bond donors (Lipinski definition) is 1. The largest absolute Gasteiger partial charge is 0.481 e. The second-order valence-electron chi connectivity index (χ2n) is 4.48. The van der Waals surface area contributed by atoms with Gasteiger partial charge in [-0.1, -0.05) is 25.4 Å². The van der Waals surface area contributed by atoms with Crippen LogP contribution in [-0.4, -0.2) is 28.5 Å². The number of anilines is 1. The minimum atomic E-state index is -0.943. The van der Waals surface area contributed by atoms with E-state index in [1.807, 2.05) is 13.8 Å². The van der Waals surface area contributed by atoms with Gasteiger partial charge in [0.05, 0.1) is 11.4 Å². The van der Waals surface area contributed by atoms with Gasteiger partial charge in [0, 0.05) is 18.7 Å². The van der Waals surface area contributed by atoms with Gasteiger partial charge in [-0.05, 0) is 25.0 Å². The number of carboxylic acid groups (broad SMARTS) is 1. The maximum atomic E-state index is 12.5. The van der Waals surface area contributed by atoms with Crippen molar-refractivity contribution in [2.24, 2.45) is 5.92 Å². The highest BCUT2D eigenvalue weighted by Gasteiger charge is 2.24. The summed E-state index contributed by atoms with van der Waals surface area (Å²) >= 11 is 5.78. The first-order valence-corrected chi connectivity index (χ1v) is 7.02. The molecule has 0 radical (unpaired) electrons. The monoisotopic (exact) mass is 298 g/mol. The fraction of sp³-hybridized carbons (Fsp3) is 0.500. The number of carboxylic acids is 1. The number of aromatic nitrogens is 1. The summed E-state index contributed by atoms with van der Waals surface area (Å²) in [5.74, 6) is -0.721. The van der Waals surface area contributed by atoms with E-state index in [0.29, 0.717) is 23.7 Å². The molecule has 0 aliphatic rings. The molecule has 1 aromatic rings. The minimum absolute atomic E-state index is 0.0916. The van der Waals surface area contributed by atoms with E-state index in [0.717, 1.165) is 0 Å². The summed E-state index contributed by atoms with van der Waals surface area (Å²) in [5.41, 5.74) is 0. The molecule has 110 valence electrons. The molecule has 0 spiro atoms. The number of pyridine rings is 1. The number of halogens is 1. The Morgan fingerprint density at radius 1 is 1.35 bits per heavy atom. The van der Waals surface area contributed by atoms with Gasteiger partial charge in [0.25, 0.3) is 0 Å². The topological polar surface area (TPSA) is 70.5 Å². The van der Waals surface area contributed by atoms with Gasteiger partial charge in [0.15, 0.2) is 0 Å². The van der Waals surface area contributed by atoms with Gasteiger partial charge < -0.3 is 5.11 Å². The highest BCUT2D eigenvalue weighted by Crippen LogP contribution is 2.20. The zero-order chi connectivity index (χ0) is 15.1. The van der Waals surface area contributed by atoms with Crippen LogP contribution >= 0.6 is 11.6 Å². The van der Waals surface area contributed by atoms with E-state index in [4.69, 9.17) is 16.7 Å². The molecule has 1 rings (SSSR count). The van der Waals surface area contributed by atoms with Crippen LogP contribution in [0.2, 0.25) is 5.02 Å². The third-order valence-corrected chi connectivity index (χ3v) is 3.36. The van der Waals surface area contributed by atoms with Crippen molar-refractivity contribution in [3.8, 4) is 0 Å². The Morgan fingerprint density at radius 2 is 2.00 bits per heavy atom. The van der Waals surface area contributed by atoms with Crippen molar-refractivity contribution in [3.63, 3.8) is 0 Å². The highest BCUT2D eigenvalue weighted by atomic mass is 35.5. The van der Waals surface area contributed by atoms with Gasteiger partial charge in [0.1, 0.15) is 5.82 Å². The predicted molar refractivity (Wildman–Crippen MR) is 77.9 cm³/mol. The van der Waals surface area contributed by atoms with Crippen LogP contribution < -0.4 is 4.90 Å². The van der Waals surface area contributed by atoms with Crippen LogP contribution in [0.3, 0.4) is 0 Å². The first kappa shape index (κ1) is 16.4. The summed E-state index contributed by atoms with van der Waals surface area (Å²) in [7, 11) is 0. The van der Waals surface area contributed by atoms with E-state index in [2.05, 4.69) is 4.98 Å². The van der Waals surface area contributed by atoms with Crippen molar-refractivity contribution < 1.29 is 14.7 Å². The van der Waals surface area contributed by atoms with Crippen molar-refractivity contribution in [1.29, 1.82) is 0 Å². The van der Waals surface area contributed by atoms with E-state index < -0.39 is 5.97 Å². The molecule has 1 aromatic heterocycles. The third kappa shape index (κ3) is 4.49. The van der Waals surface area contributed by atoms with Gasteiger partial charge in [-0.3, -0.25) is 14.5 Å². The number of aliphatic carboxylic acids is 1. The minimum Gasteiger partial charge on any atom is -0.481 e. The first-order valence-electron chi connectivity index (χ1n) is 6.64. The standard InChI is InChI=1S/C14H19ClN2O3/c1-3-10(4-2)14(20)17(8-7-13(18)19)12-6-5-11(15)9-16-12/h5-6,9-10H,3-4,7-8H2,1-2H3,(H,18,19). The molecule has 0 aliphatic heterocycles. The molecule has 0 unspecified atom stereocenters. The van der Waals surface area contributed by atoms with Crippen LogP contribution in [0.5, 0.6) is 0 Å². The molecule has 6 heteroatoms. The lowest BCUT2D eigenvalue weighted by Gasteiger charge is -2.25. The molecule has 1 amide bonds. The Morgan fingerprint density at radius 3 is 2.45 bits per heavy atom. The molecule has 0 aromatic carbocycles. The zero-order valence-electron chi connectivity index (χ0n) is 11.7. The molecular formula is C14H19ClN2O3. The Balaban J connectivity index is 2.97. The lowest BCUT2D eigenvalue weighted by molar-refractivity contribution is -0.136. The Labute approximate surface area is 123 Å². The van der Waals surface area contributed by atoms with Gasteiger partial charge in [0.2, 0.25) is 5.91 Å². The summed E-state index contributed by atoms with van der Waals surface area (Å²) in [5, 5.41) is 9.28. The normalized spacial score (nSPS) is 10.6. The van der Waals surface area contributed by atoms with Crippen molar-refractivity contribution >= 4 is 29.3 Å². The molecule has 0 aliphatic carbocycles. The molecule has 0 saturated heterocycles. The Bertz CT molecular complexity index is 458. The number of carbonyl (C=O) groups excluding carboxylic acids is 1. The SMILES string of the molecule is CCC(CC)C(=O)N(CCC(=O)O)c1ccc(Cl)cn1. The summed E-state index contributed by atoms with van der Waals surface area (Å²) in [6.07, 6.45) is 2.76. The quantitative estimate of drug-likeness (QED) is 0.840. The maximum Gasteiger partial charge on any atom is 0.305 e. The molecule has 1 heterocycles. The molecule has 1 N–H and O–H groups in total. The average Bonchev–Trinajstić information content (AvgIpc) is 2.42. The molecule has 0 saturated carbocycles. The molecule has 0 atom stereocenters. The van der Waals surface area contributed by atoms with Crippen molar-refractivity contribution in [3.05, 3.63) is 23.4 Å². The molecule has 20 heavy (non-hydrogen) atoms. The summed E-state index contributed by atoms with van der Waals surface area (Å²) < 4.78 is 0. The van der Waals surface area contributed by atoms with Crippen molar-refractivity contribution in [1.82, 2.24) is 4.98 Å². The van der Waals surface area contributed by atoms with Crippen LogP contribution in [-0.2, 0) is 9.59 Å². The second kappa shape index (κ2) is 7.85. The molecule has 0 fully saturated rings. The number of rotatable bonds is 7. The van der Waals surface area contributed by atoms with E-state index in [1.54, 1.807) is 12.1 Å². The van der Waals surface area contributed by atoms with Gasteiger partial charge in [-0.2, -0.15) is 0 Å². The molecule has 5 nitrogen and oxygen atoms in total. The van der Waals surface area contributed by atoms with Crippen LogP contribution in [0.4, 0.5) is 5.82 Å². The van der Waals surface area contributed by atoms with Crippen LogP contribution in [0.15, 0.2) is 18.3 Å². The number of nitrogens with zero attached hydrogens (tertiary/aromatic N) is 2. The highest BCUT2D eigenvalue weighted by molar-refractivity contribution is 6.30. The van der Waals surface area contributed by atoms with Crippen LogP contribution in [0.25, 0.3) is 0 Å². The lowest BCUT2D eigenvalue weighted by atomic mass is 10.0. The van der Waals surface area contributed by atoms with Gasteiger partial charge in [-0.15, -0.1) is 0 Å². The number of hydrogen-bond acceptors (Lipinski definition) is 3. The molecule has 0 bridgehead atoms. The van der Waals surface area contributed by atoms with Crippen molar-refractivity contribution in [2.45, 2.75) is 33.1 Å². The van der Waals surface area contributed by atoms with E-state index in [9.17, 15) is 9.59 Å². The van der Waals surface area contributed by atoms with Gasteiger partial charge in [-0.25, -0.2) is 4.98 Å². The molecular weight excluding hydrogens is 280 g/mol.